The van der Waals surface area contributed by atoms with Crippen LogP contribution in [0, 0.1) is 6.92 Å². The lowest BCUT2D eigenvalue weighted by Gasteiger charge is -2.24. The van der Waals surface area contributed by atoms with Crippen LogP contribution >= 0.6 is 11.3 Å². The van der Waals surface area contributed by atoms with E-state index < -0.39 is 18.0 Å². The topological polar surface area (TPSA) is 110 Å². The van der Waals surface area contributed by atoms with Crippen molar-refractivity contribution < 1.29 is 19.4 Å². The highest BCUT2D eigenvalue weighted by molar-refractivity contribution is 7.07. The molecule has 0 bridgehead atoms. The first-order chi connectivity index (χ1) is 16.3. The van der Waals surface area contributed by atoms with Gasteiger partial charge < -0.3 is 15.2 Å². The summed E-state index contributed by atoms with van der Waals surface area (Å²) in [5.41, 5.74) is 2.59. The largest absolute Gasteiger partial charge is 0.478 e. The van der Waals surface area contributed by atoms with Crippen LogP contribution in [-0.4, -0.2) is 28.2 Å². The number of hydrogen-bond acceptors (Lipinski definition) is 7. The highest BCUT2D eigenvalue weighted by Gasteiger charge is 2.33. The van der Waals surface area contributed by atoms with Crippen molar-refractivity contribution in [2.45, 2.75) is 26.8 Å². The average molecular weight is 478 g/mol. The number of aromatic nitrogens is 1. The van der Waals surface area contributed by atoms with E-state index in [2.05, 4.69) is 10.3 Å². The summed E-state index contributed by atoms with van der Waals surface area (Å²) in [7, 11) is 0. The maximum atomic E-state index is 13.5. The van der Waals surface area contributed by atoms with E-state index in [1.54, 1.807) is 39.1 Å². The van der Waals surface area contributed by atoms with E-state index in [0.717, 1.165) is 5.56 Å². The number of carbonyl (C=O) groups excluding carboxylic acids is 1. The second kappa shape index (κ2) is 9.48. The third-order valence-corrected chi connectivity index (χ3v) is 6.54. The normalized spacial score (nSPS) is 15.5. The Labute approximate surface area is 199 Å². The van der Waals surface area contributed by atoms with Crippen LogP contribution in [0.3, 0.4) is 0 Å². The minimum Gasteiger partial charge on any atom is -0.478 e. The van der Waals surface area contributed by atoms with Crippen molar-refractivity contribution in [2.75, 3.05) is 11.9 Å². The second-order valence-corrected chi connectivity index (χ2v) is 8.65. The number of nitrogens with one attached hydrogen (secondary N) is 1. The number of fused-ring (bicyclic) bond motifs is 1. The van der Waals surface area contributed by atoms with Crippen LogP contribution in [0.1, 0.15) is 41.4 Å². The van der Waals surface area contributed by atoms with Crippen molar-refractivity contribution >= 4 is 35.2 Å². The number of ether oxygens (including phenoxy) is 1. The molecule has 8 nitrogen and oxygen atoms in total. The molecule has 0 unspecified atom stereocenters. The van der Waals surface area contributed by atoms with Crippen molar-refractivity contribution in [1.29, 1.82) is 0 Å². The van der Waals surface area contributed by atoms with Gasteiger partial charge in [-0.1, -0.05) is 47.7 Å². The number of anilines is 1. The van der Waals surface area contributed by atoms with Gasteiger partial charge in [-0.2, -0.15) is 0 Å². The first-order valence-electron chi connectivity index (χ1n) is 10.7. The monoisotopic (exact) mass is 477 g/mol. The van der Waals surface area contributed by atoms with Gasteiger partial charge in [-0.15, -0.1) is 0 Å². The van der Waals surface area contributed by atoms with Gasteiger partial charge in [-0.25, -0.2) is 14.6 Å². The summed E-state index contributed by atoms with van der Waals surface area (Å²) in [6.07, 6.45) is 1.54. The summed E-state index contributed by atoms with van der Waals surface area (Å²) in [6, 6.07) is 13.5. The molecule has 2 N–H and O–H groups in total. The summed E-state index contributed by atoms with van der Waals surface area (Å²) in [5.74, 6) is -1.53. The second-order valence-electron chi connectivity index (χ2n) is 7.64. The van der Waals surface area contributed by atoms with Crippen LogP contribution in [-0.2, 0) is 9.53 Å². The smallest absolute Gasteiger partial charge is 0.338 e. The van der Waals surface area contributed by atoms with Crippen molar-refractivity contribution in [3.8, 4) is 0 Å². The SMILES string of the molecule is CCOC(=O)C1=C(C)N=c2s/c(=C\Nc3cccc(C(=O)O)c3C)c(=O)n2[C@@H]1c1ccccc1. The van der Waals surface area contributed by atoms with Gasteiger partial charge in [0, 0.05) is 11.9 Å². The summed E-state index contributed by atoms with van der Waals surface area (Å²) in [5, 5.41) is 12.4. The van der Waals surface area contributed by atoms with Crippen LogP contribution in [0.25, 0.3) is 6.20 Å². The zero-order valence-corrected chi connectivity index (χ0v) is 19.7. The number of nitrogens with zero attached hydrogens (tertiary/aromatic N) is 2. The van der Waals surface area contributed by atoms with Crippen molar-refractivity contribution in [3.05, 3.63) is 96.2 Å². The molecule has 0 aliphatic carbocycles. The van der Waals surface area contributed by atoms with E-state index in [-0.39, 0.29) is 17.7 Å². The molecule has 0 radical (unpaired) electrons. The van der Waals surface area contributed by atoms with Crippen LogP contribution in [0.4, 0.5) is 5.69 Å². The molecule has 0 amide bonds. The van der Waals surface area contributed by atoms with Crippen LogP contribution < -0.4 is 20.2 Å². The molecule has 0 saturated carbocycles. The zero-order chi connectivity index (χ0) is 24.4. The van der Waals surface area contributed by atoms with Crippen LogP contribution in [0.15, 0.2) is 69.6 Å². The number of esters is 1. The fourth-order valence-electron chi connectivity index (χ4n) is 3.91. The Kier molecular flexibility index (Phi) is 6.47. The van der Waals surface area contributed by atoms with Gasteiger partial charge in [0.25, 0.3) is 5.56 Å². The molecular weight excluding hydrogens is 454 g/mol. The number of aromatic carboxylic acids is 1. The molecule has 9 heteroatoms. The Morgan fingerprint density at radius 1 is 1.18 bits per heavy atom. The quantitative estimate of drug-likeness (QED) is 0.529. The van der Waals surface area contributed by atoms with E-state index in [9.17, 15) is 19.5 Å². The highest BCUT2D eigenvalue weighted by Crippen LogP contribution is 2.30. The molecule has 3 aromatic rings. The molecule has 1 aromatic heterocycles. The lowest BCUT2D eigenvalue weighted by atomic mass is 9.96. The van der Waals surface area contributed by atoms with Crippen molar-refractivity contribution in [3.63, 3.8) is 0 Å². The first kappa shape index (κ1) is 23.2. The van der Waals surface area contributed by atoms with Gasteiger partial charge in [0.15, 0.2) is 4.80 Å². The van der Waals surface area contributed by atoms with Gasteiger partial charge in [-0.3, -0.25) is 9.36 Å². The third kappa shape index (κ3) is 4.17. The number of rotatable bonds is 6. The molecular formula is C25H23N3O5S. The van der Waals surface area contributed by atoms with Crippen molar-refractivity contribution in [1.82, 2.24) is 4.57 Å². The number of carbonyl (C=O) groups is 2. The summed E-state index contributed by atoms with van der Waals surface area (Å²) in [6.45, 7) is 5.37. The lowest BCUT2D eigenvalue weighted by molar-refractivity contribution is -0.139. The summed E-state index contributed by atoms with van der Waals surface area (Å²) < 4.78 is 7.16. The van der Waals surface area contributed by atoms with E-state index in [1.165, 1.54) is 22.0 Å². The third-order valence-electron chi connectivity index (χ3n) is 5.56. The Balaban J connectivity index is 1.84. The molecule has 2 heterocycles. The fraction of sp³-hybridized carbons (Fsp3) is 0.200. The number of hydrogen-bond donors (Lipinski definition) is 2. The number of allylic oxidation sites excluding steroid dienone is 1. The van der Waals surface area contributed by atoms with Gasteiger partial charge in [0.1, 0.15) is 4.53 Å². The van der Waals surface area contributed by atoms with Gasteiger partial charge in [-0.05, 0) is 44.0 Å². The molecule has 34 heavy (non-hydrogen) atoms. The van der Waals surface area contributed by atoms with Gasteiger partial charge in [0.2, 0.25) is 0 Å². The minimum absolute atomic E-state index is 0.179. The van der Waals surface area contributed by atoms with Gasteiger partial charge in [0.05, 0.1) is 29.5 Å². The van der Waals surface area contributed by atoms with Crippen LogP contribution in [0.2, 0.25) is 0 Å². The molecule has 2 aromatic carbocycles. The number of benzene rings is 2. The Bertz CT molecular complexity index is 1480. The van der Waals surface area contributed by atoms with Crippen LogP contribution in [0.5, 0.6) is 0 Å². The molecule has 0 fully saturated rings. The van der Waals surface area contributed by atoms with E-state index in [1.807, 2.05) is 30.3 Å². The van der Waals surface area contributed by atoms with Gasteiger partial charge >= 0.3 is 11.9 Å². The molecule has 4 rings (SSSR count). The average Bonchev–Trinajstić information content (AvgIpc) is 3.12. The van der Waals surface area contributed by atoms with E-state index in [0.29, 0.717) is 31.9 Å². The number of thiazole rings is 1. The predicted molar refractivity (Wildman–Crippen MR) is 130 cm³/mol. The highest BCUT2D eigenvalue weighted by atomic mass is 32.1. The summed E-state index contributed by atoms with van der Waals surface area (Å²) in [4.78, 5) is 42.7. The minimum atomic E-state index is -1.02. The maximum Gasteiger partial charge on any atom is 0.338 e. The van der Waals surface area contributed by atoms with E-state index >= 15 is 0 Å². The first-order valence-corrected chi connectivity index (χ1v) is 11.5. The Morgan fingerprint density at radius 3 is 2.59 bits per heavy atom. The molecule has 1 atom stereocenters. The Morgan fingerprint density at radius 2 is 1.91 bits per heavy atom. The molecule has 0 saturated heterocycles. The fourth-order valence-corrected chi connectivity index (χ4v) is 4.88. The maximum absolute atomic E-state index is 13.5. The van der Waals surface area contributed by atoms with Crippen molar-refractivity contribution in [2.24, 2.45) is 4.99 Å². The molecule has 1 aliphatic heterocycles. The predicted octanol–water partition coefficient (Wildman–Crippen LogP) is 2.83. The molecule has 1 aliphatic rings. The zero-order valence-electron chi connectivity index (χ0n) is 18.9. The molecule has 0 spiro atoms. The molecule has 174 valence electrons. The summed E-state index contributed by atoms with van der Waals surface area (Å²) >= 11 is 1.19. The lowest BCUT2D eigenvalue weighted by Crippen LogP contribution is -2.40. The number of carboxylic acid groups (broad SMARTS) is 1. The standard InChI is InChI=1S/C25H23N3O5S/c1-4-33-24(32)20-15(3)27-25-28(21(20)16-9-6-5-7-10-16)22(29)19(34-25)13-26-18-12-8-11-17(14(18)2)23(30)31/h5-13,21,26H,4H2,1-3H3,(H,30,31)/b19-13-/t21-/m1/s1. The number of carboxylic acids is 1. The van der Waals surface area contributed by atoms with E-state index in [4.69, 9.17) is 4.74 Å². The Hall–Kier alpha value is -3.98.